The molecule has 0 aliphatic carbocycles. The molecule has 3 N–H and O–H groups in total. The minimum Gasteiger partial charge on any atom is -0.484 e. The third kappa shape index (κ3) is 6.24. The molecule has 0 fully saturated rings. The first-order chi connectivity index (χ1) is 13.0. The highest BCUT2D eigenvalue weighted by molar-refractivity contribution is 6.30. The summed E-state index contributed by atoms with van der Waals surface area (Å²) in [5, 5.41) is 9.76. The van der Waals surface area contributed by atoms with Crippen LogP contribution in [0.25, 0.3) is 0 Å². The van der Waals surface area contributed by atoms with Crippen LogP contribution in [0.1, 0.15) is 39.7 Å². The Labute approximate surface area is 172 Å². The molecule has 0 bridgehead atoms. The van der Waals surface area contributed by atoms with Crippen molar-refractivity contribution < 1.29 is 14.3 Å². The average molecular weight is 408 g/mol. The van der Waals surface area contributed by atoms with E-state index in [1.54, 1.807) is 18.2 Å². The topological polar surface area (TPSA) is 79.5 Å². The van der Waals surface area contributed by atoms with Crippen LogP contribution in [-0.4, -0.2) is 42.6 Å². The summed E-state index contributed by atoms with van der Waals surface area (Å²) in [6.45, 7) is 10.8. The lowest BCUT2D eigenvalue weighted by Gasteiger charge is -2.27. The van der Waals surface area contributed by atoms with Gasteiger partial charge in [0.25, 0.3) is 5.91 Å². The van der Waals surface area contributed by atoms with Crippen LogP contribution in [0.2, 0.25) is 5.02 Å². The number of aryl methyl sites for hydroxylation is 1. The van der Waals surface area contributed by atoms with Gasteiger partial charge in [0.05, 0.1) is 0 Å². The summed E-state index contributed by atoms with van der Waals surface area (Å²) < 4.78 is 5.50. The fraction of sp³-hybridized carbons (Fsp3) is 0.524. The summed E-state index contributed by atoms with van der Waals surface area (Å²) >= 11 is 5.90. The molecule has 1 aromatic rings. The molecule has 0 spiro atoms. The number of carbonyl (C=O) groups excluding carboxylic acids is 2. The number of carbonyl (C=O) groups is 2. The average Bonchev–Trinajstić information content (AvgIpc) is 2.81. The van der Waals surface area contributed by atoms with Gasteiger partial charge in [-0.25, -0.2) is 0 Å². The van der Waals surface area contributed by atoms with E-state index in [0.717, 1.165) is 11.1 Å². The van der Waals surface area contributed by atoms with Gasteiger partial charge in [-0.2, -0.15) is 0 Å². The fourth-order valence-corrected chi connectivity index (χ4v) is 3.61. The molecule has 0 aromatic heterocycles. The zero-order valence-corrected chi connectivity index (χ0v) is 18.0. The second kappa shape index (κ2) is 8.97. The highest BCUT2D eigenvalue weighted by Crippen LogP contribution is 2.29. The quantitative estimate of drug-likeness (QED) is 0.579. The van der Waals surface area contributed by atoms with Crippen molar-refractivity contribution in [2.75, 3.05) is 19.7 Å². The predicted molar refractivity (Wildman–Crippen MR) is 112 cm³/mol. The van der Waals surface area contributed by atoms with E-state index in [9.17, 15) is 9.59 Å². The van der Waals surface area contributed by atoms with Crippen molar-refractivity contribution in [3.8, 4) is 5.75 Å². The Morgan fingerprint density at radius 3 is 2.43 bits per heavy atom. The van der Waals surface area contributed by atoms with E-state index >= 15 is 0 Å². The normalized spacial score (nSPS) is 17.0. The van der Waals surface area contributed by atoms with Crippen LogP contribution in [-0.2, 0) is 9.59 Å². The van der Waals surface area contributed by atoms with E-state index in [2.05, 4.69) is 16.0 Å². The van der Waals surface area contributed by atoms with Crippen molar-refractivity contribution in [3.05, 3.63) is 40.4 Å². The van der Waals surface area contributed by atoms with Gasteiger partial charge >= 0.3 is 0 Å². The van der Waals surface area contributed by atoms with E-state index in [0.29, 0.717) is 30.3 Å². The summed E-state index contributed by atoms with van der Waals surface area (Å²) in [5.41, 5.74) is 1.06. The van der Waals surface area contributed by atoms with Gasteiger partial charge < -0.3 is 15.4 Å². The van der Waals surface area contributed by atoms with Gasteiger partial charge in [-0.1, -0.05) is 17.7 Å². The van der Waals surface area contributed by atoms with Crippen molar-refractivity contribution in [2.45, 2.75) is 52.1 Å². The lowest BCUT2D eigenvalue weighted by atomic mass is 9.96. The Balaban J connectivity index is 1.66. The van der Waals surface area contributed by atoms with Crippen molar-refractivity contribution >= 4 is 23.4 Å². The summed E-state index contributed by atoms with van der Waals surface area (Å²) in [6, 6.07) is 5.26. The van der Waals surface area contributed by atoms with Crippen molar-refractivity contribution in [1.29, 1.82) is 0 Å². The SMILES string of the molecule is Cc1cc(Cl)ccc1OCC(=O)NCCCNC(=O)C1=CC(C)(C)NC1(C)C. The Morgan fingerprint density at radius 1 is 1.14 bits per heavy atom. The van der Waals surface area contributed by atoms with Gasteiger partial charge in [0, 0.05) is 34.8 Å². The molecule has 6 nitrogen and oxygen atoms in total. The number of benzene rings is 1. The molecule has 0 saturated heterocycles. The van der Waals surface area contributed by atoms with Crippen LogP contribution in [0, 0.1) is 6.92 Å². The number of rotatable bonds is 8. The monoisotopic (exact) mass is 407 g/mol. The van der Waals surface area contributed by atoms with Gasteiger partial charge in [0.15, 0.2) is 6.61 Å². The van der Waals surface area contributed by atoms with E-state index in [1.165, 1.54) is 0 Å². The van der Waals surface area contributed by atoms with Gasteiger partial charge in [0.1, 0.15) is 5.75 Å². The maximum Gasteiger partial charge on any atom is 0.257 e. The van der Waals surface area contributed by atoms with Crippen molar-refractivity contribution in [1.82, 2.24) is 16.0 Å². The first kappa shape index (κ1) is 22.2. The third-order valence-electron chi connectivity index (χ3n) is 4.51. The molecule has 2 amide bonds. The Bertz CT molecular complexity index is 772. The maximum atomic E-state index is 12.4. The summed E-state index contributed by atoms with van der Waals surface area (Å²) in [4.78, 5) is 24.3. The molecule has 7 heteroatoms. The van der Waals surface area contributed by atoms with Crippen LogP contribution < -0.4 is 20.7 Å². The fourth-order valence-electron chi connectivity index (χ4n) is 3.38. The van der Waals surface area contributed by atoms with Crippen LogP contribution in [0.3, 0.4) is 0 Å². The number of amides is 2. The second-order valence-corrected chi connectivity index (χ2v) is 8.62. The molecule has 2 rings (SSSR count). The minimum atomic E-state index is -0.362. The summed E-state index contributed by atoms with van der Waals surface area (Å²) in [6.07, 6.45) is 2.61. The number of nitrogens with one attached hydrogen (secondary N) is 3. The zero-order valence-electron chi connectivity index (χ0n) is 17.2. The van der Waals surface area contributed by atoms with Gasteiger partial charge in [-0.3, -0.25) is 14.9 Å². The number of halogens is 1. The largest absolute Gasteiger partial charge is 0.484 e. The molecule has 0 unspecified atom stereocenters. The predicted octanol–water partition coefficient (Wildman–Crippen LogP) is 2.74. The van der Waals surface area contributed by atoms with Gasteiger partial charge in [-0.15, -0.1) is 0 Å². The molecule has 28 heavy (non-hydrogen) atoms. The molecule has 0 saturated carbocycles. The first-order valence-corrected chi connectivity index (χ1v) is 9.84. The smallest absolute Gasteiger partial charge is 0.257 e. The number of ether oxygens (including phenoxy) is 1. The van der Waals surface area contributed by atoms with Gasteiger partial charge in [0.2, 0.25) is 5.91 Å². The van der Waals surface area contributed by atoms with Crippen LogP contribution in [0.15, 0.2) is 29.8 Å². The number of hydrogen-bond donors (Lipinski definition) is 3. The lowest BCUT2D eigenvalue weighted by molar-refractivity contribution is -0.123. The molecular weight excluding hydrogens is 378 g/mol. The Hall–Kier alpha value is -2.05. The summed E-state index contributed by atoms with van der Waals surface area (Å²) in [7, 11) is 0. The second-order valence-electron chi connectivity index (χ2n) is 8.19. The lowest BCUT2D eigenvalue weighted by Crippen LogP contribution is -2.47. The highest BCUT2D eigenvalue weighted by Gasteiger charge is 2.39. The summed E-state index contributed by atoms with van der Waals surface area (Å²) in [5.74, 6) is 0.359. The molecule has 1 aliphatic rings. The van der Waals surface area contributed by atoms with Crippen LogP contribution in [0.5, 0.6) is 5.75 Å². The van der Waals surface area contributed by atoms with E-state index < -0.39 is 0 Å². The van der Waals surface area contributed by atoms with E-state index in [-0.39, 0.29) is 29.5 Å². The number of hydrogen-bond acceptors (Lipinski definition) is 4. The van der Waals surface area contributed by atoms with Gasteiger partial charge in [-0.05, 0) is 64.8 Å². The molecule has 0 radical (unpaired) electrons. The third-order valence-corrected chi connectivity index (χ3v) is 4.75. The molecular formula is C21H30ClN3O3. The molecule has 1 heterocycles. The minimum absolute atomic E-state index is 0.0589. The maximum absolute atomic E-state index is 12.4. The zero-order chi connectivity index (χ0) is 20.9. The van der Waals surface area contributed by atoms with Crippen molar-refractivity contribution in [3.63, 3.8) is 0 Å². The molecule has 154 valence electrons. The van der Waals surface area contributed by atoms with Crippen molar-refractivity contribution in [2.24, 2.45) is 0 Å². The molecule has 0 atom stereocenters. The van der Waals surface area contributed by atoms with Crippen LogP contribution in [0.4, 0.5) is 0 Å². The van der Waals surface area contributed by atoms with E-state index in [1.807, 2.05) is 40.7 Å². The molecule has 1 aromatic carbocycles. The Morgan fingerprint density at radius 2 is 1.82 bits per heavy atom. The Kier molecular flexibility index (Phi) is 7.12. The van der Waals surface area contributed by atoms with Crippen LogP contribution >= 0.6 is 11.6 Å². The standard InChI is InChI=1S/C21H30ClN3O3/c1-14-11-15(22)7-8-17(14)28-13-18(26)23-9-6-10-24-19(27)16-12-20(2,3)25-21(16,4)5/h7-8,11-12,25H,6,9-10,13H2,1-5H3,(H,23,26)(H,24,27). The molecule has 1 aliphatic heterocycles. The van der Waals surface area contributed by atoms with E-state index in [4.69, 9.17) is 16.3 Å². The highest BCUT2D eigenvalue weighted by atomic mass is 35.5. The first-order valence-electron chi connectivity index (χ1n) is 9.47.